The van der Waals surface area contributed by atoms with Gasteiger partial charge in [0.25, 0.3) is 0 Å². The lowest BCUT2D eigenvalue weighted by Gasteiger charge is -2.20. The van der Waals surface area contributed by atoms with Crippen LogP contribution in [0, 0.1) is 5.92 Å². The van der Waals surface area contributed by atoms with Crippen LogP contribution >= 0.6 is 0 Å². The highest BCUT2D eigenvalue weighted by atomic mass is 16.5. The molecule has 0 radical (unpaired) electrons. The van der Waals surface area contributed by atoms with Gasteiger partial charge in [0.15, 0.2) is 0 Å². The number of carbonyl (C=O) groups is 1. The molecule has 0 saturated carbocycles. The molecule has 5 heteroatoms. The quantitative estimate of drug-likeness (QED) is 0.619. The Morgan fingerprint density at radius 2 is 2.39 bits per heavy atom. The maximum atomic E-state index is 11.3. The molecule has 0 aliphatic carbocycles. The third-order valence-electron chi connectivity index (χ3n) is 3.49. The van der Waals surface area contributed by atoms with E-state index in [1.165, 1.54) is 6.42 Å². The van der Waals surface area contributed by atoms with E-state index in [1.807, 2.05) is 0 Å². The molecule has 1 saturated heterocycles. The number of nitrogens with zero attached hydrogens (tertiary/aromatic N) is 1. The molecule has 5 nitrogen and oxygen atoms in total. The molecule has 1 rings (SSSR count). The Balaban J connectivity index is 2.23. The van der Waals surface area contributed by atoms with Gasteiger partial charge >= 0.3 is 0 Å². The molecular formula is C13H27N3O2. The zero-order valence-corrected chi connectivity index (χ0v) is 11.7. The second-order valence-electron chi connectivity index (χ2n) is 5.11. The van der Waals surface area contributed by atoms with Crippen molar-refractivity contribution < 1.29 is 9.53 Å². The van der Waals surface area contributed by atoms with Crippen molar-refractivity contribution in [1.29, 1.82) is 0 Å². The molecule has 106 valence electrons. The van der Waals surface area contributed by atoms with Gasteiger partial charge < -0.3 is 20.7 Å². The van der Waals surface area contributed by atoms with E-state index in [-0.39, 0.29) is 11.9 Å². The van der Waals surface area contributed by atoms with Crippen LogP contribution < -0.4 is 11.1 Å². The van der Waals surface area contributed by atoms with Gasteiger partial charge in [-0.3, -0.25) is 4.79 Å². The molecule has 1 fully saturated rings. The van der Waals surface area contributed by atoms with Crippen LogP contribution in [0.1, 0.15) is 26.2 Å². The number of rotatable bonds is 9. The molecule has 3 N–H and O–H groups in total. The van der Waals surface area contributed by atoms with Gasteiger partial charge in [-0.25, -0.2) is 0 Å². The third-order valence-corrected chi connectivity index (χ3v) is 3.49. The number of hydrogen-bond acceptors (Lipinski definition) is 4. The lowest BCUT2D eigenvalue weighted by molar-refractivity contribution is -0.120. The Labute approximate surface area is 110 Å². The minimum atomic E-state index is -0.240. The number of amides is 1. The minimum absolute atomic E-state index is 0.188. The summed E-state index contributed by atoms with van der Waals surface area (Å²) in [5, 5.41) is 3.20. The zero-order chi connectivity index (χ0) is 13.4. The Hall–Kier alpha value is -0.650. The molecule has 0 aromatic carbocycles. The number of hydrogen-bond donors (Lipinski definition) is 2. The second kappa shape index (κ2) is 8.45. The molecule has 1 amide bonds. The first-order valence-corrected chi connectivity index (χ1v) is 6.91. The highest BCUT2D eigenvalue weighted by Crippen LogP contribution is 2.16. The SMILES string of the molecule is CCCNC(CCN1CCC(COC)C1)C(N)=O. The first-order chi connectivity index (χ1) is 8.67. The molecule has 1 heterocycles. The zero-order valence-electron chi connectivity index (χ0n) is 11.7. The molecule has 0 aromatic rings. The summed E-state index contributed by atoms with van der Waals surface area (Å²) in [6.07, 6.45) is 3.01. The van der Waals surface area contributed by atoms with Gasteiger partial charge in [0, 0.05) is 20.2 Å². The van der Waals surface area contributed by atoms with Crippen molar-refractivity contribution in [1.82, 2.24) is 10.2 Å². The van der Waals surface area contributed by atoms with Crippen LogP contribution in [-0.2, 0) is 9.53 Å². The first-order valence-electron chi connectivity index (χ1n) is 6.91. The third kappa shape index (κ3) is 5.33. The summed E-state index contributed by atoms with van der Waals surface area (Å²) in [6, 6.07) is -0.188. The summed E-state index contributed by atoms with van der Waals surface area (Å²) in [5.74, 6) is 0.404. The number of likely N-dealkylation sites (tertiary alicyclic amines) is 1. The average molecular weight is 257 g/mol. The lowest BCUT2D eigenvalue weighted by Crippen LogP contribution is -2.43. The number of primary amides is 1. The number of methoxy groups -OCH3 is 1. The lowest BCUT2D eigenvalue weighted by atomic mass is 10.1. The maximum absolute atomic E-state index is 11.3. The largest absolute Gasteiger partial charge is 0.384 e. The normalized spacial score (nSPS) is 22.2. The van der Waals surface area contributed by atoms with E-state index < -0.39 is 0 Å². The smallest absolute Gasteiger partial charge is 0.234 e. The summed E-state index contributed by atoms with van der Waals surface area (Å²) in [5.41, 5.74) is 5.40. The number of ether oxygens (including phenoxy) is 1. The van der Waals surface area contributed by atoms with Crippen LogP contribution in [0.3, 0.4) is 0 Å². The molecule has 0 aromatic heterocycles. The van der Waals surface area contributed by atoms with Gasteiger partial charge in [0.2, 0.25) is 5.91 Å². The topological polar surface area (TPSA) is 67.6 Å². The van der Waals surface area contributed by atoms with Crippen molar-refractivity contribution in [3.05, 3.63) is 0 Å². The van der Waals surface area contributed by atoms with Crippen molar-refractivity contribution in [3.8, 4) is 0 Å². The Bertz CT molecular complexity index is 248. The Morgan fingerprint density at radius 1 is 1.61 bits per heavy atom. The van der Waals surface area contributed by atoms with E-state index in [4.69, 9.17) is 10.5 Å². The van der Waals surface area contributed by atoms with Gasteiger partial charge in [-0.1, -0.05) is 6.92 Å². The average Bonchev–Trinajstić information content (AvgIpc) is 2.77. The molecular weight excluding hydrogens is 230 g/mol. The van der Waals surface area contributed by atoms with Crippen LogP contribution in [0.25, 0.3) is 0 Å². The van der Waals surface area contributed by atoms with Crippen molar-refractivity contribution in [2.45, 2.75) is 32.2 Å². The predicted molar refractivity (Wildman–Crippen MR) is 72.3 cm³/mol. The summed E-state index contributed by atoms with van der Waals surface area (Å²) in [6.45, 7) is 6.88. The fraction of sp³-hybridized carbons (Fsp3) is 0.923. The van der Waals surface area contributed by atoms with Crippen molar-refractivity contribution >= 4 is 5.91 Å². The van der Waals surface area contributed by atoms with Gasteiger partial charge in [-0.15, -0.1) is 0 Å². The minimum Gasteiger partial charge on any atom is -0.384 e. The van der Waals surface area contributed by atoms with Crippen molar-refractivity contribution in [2.75, 3.05) is 39.9 Å². The van der Waals surface area contributed by atoms with E-state index in [2.05, 4.69) is 17.1 Å². The number of nitrogens with one attached hydrogen (secondary N) is 1. The van der Waals surface area contributed by atoms with Gasteiger partial charge in [-0.05, 0) is 38.3 Å². The highest BCUT2D eigenvalue weighted by molar-refractivity contribution is 5.79. The van der Waals surface area contributed by atoms with Crippen LogP contribution in [0.4, 0.5) is 0 Å². The maximum Gasteiger partial charge on any atom is 0.234 e. The van der Waals surface area contributed by atoms with E-state index >= 15 is 0 Å². The summed E-state index contributed by atoms with van der Waals surface area (Å²) in [7, 11) is 1.75. The molecule has 0 spiro atoms. The Kier molecular flexibility index (Phi) is 7.23. The summed E-state index contributed by atoms with van der Waals surface area (Å²) < 4.78 is 5.18. The fourth-order valence-corrected chi connectivity index (χ4v) is 2.46. The molecule has 1 aliphatic rings. The molecule has 2 unspecified atom stereocenters. The van der Waals surface area contributed by atoms with E-state index in [0.717, 1.165) is 45.6 Å². The van der Waals surface area contributed by atoms with Crippen LogP contribution in [-0.4, -0.2) is 56.7 Å². The molecule has 18 heavy (non-hydrogen) atoms. The van der Waals surface area contributed by atoms with E-state index in [1.54, 1.807) is 7.11 Å². The molecule has 2 atom stereocenters. The van der Waals surface area contributed by atoms with Crippen LogP contribution in [0.15, 0.2) is 0 Å². The fourth-order valence-electron chi connectivity index (χ4n) is 2.46. The second-order valence-corrected chi connectivity index (χ2v) is 5.11. The van der Waals surface area contributed by atoms with E-state index in [9.17, 15) is 4.79 Å². The Morgan fingerprint density at radius 3 is 3.00 bits per heavy atom. The first kappa shape index (κ1) is 15.4. The summed E-state index contributed by atoms with van der Waals surface area (Å²) >= 11 is 0. The van der Waals surface area contributed by atoms with Crippen molar-refractivity contribution in [3.63, 3.8) is 0 Å². The van der Waals surface area contributed by atoms with Crippen LogP contribution in [0.5, 0.6) is 0 Å². The van der Waals surface area contributed by atoms with E-state index in [0.29, 0.717) is 5.92 Å². The molecule has 1 aliphatic heterocycles. The van der Waals surface area contributed by atoms with Gasteiger partial charge in [-0.2, -0.15) is 0 Å². The van der Waals surface area contributed by atoms with Gasteiger partial charge in [0.05, 0.1) is 12.6 Å². The van der Waals surface area contributed by atoms with Crippen LogP contribution in [0.2, 0.25) is 0 Å². The summed E-state index contributed by atoms with van der Waals surface area (Å²) in [4.78, 5) is 13.7. The predicted octanol–water partition coefficient (Wildman–Crippen LogP) is 0.198. The number of carbonyl (C=O) groups excluding carboxylic acids is 1. The standard InChI is InChI=1S/C13H27N3O2/c1-3-6-15-12(13(14)17)5-8-16-7-4-11(9-16)10-18-2/h11-12,15H,3-10H2,1-2H3,(H2,14,17). The monoisotopic (exact) mass is 257 g/mol. The van der Waals surface area contributed by atoms with Crippen molar-refractivity contribution in [2.24, 2.45) is 11.7 Å². The van der Waals surface area contributed by atoms with Gasteiger partial charge in [0.1, 0.15) is 0 Å². The highest BCUT2D eigenvalue weighted by Gasteiger charge is 2.23. The number of nitrogens with two attached hydrogens (primary N) is 1. The molecule has 0 bridgehead atoms.